The molecule has 9 rings (SSSR count). The van der Waals surface area contributed by atoms with E-state index in [2.05, 4.69) is 157 Å². The number of hydrogen-bond acceptors (Lipinski definition) is 1. The summed E-state index contributed by atoms with van der Waals surface area (Å²) in [4.78, 5) is 2.38. The molecule has 1 heteroatoms. The molecule has 0 aromatic heterocycles. The zero-order valence-electron chi connectivity index (χ0n) is 24.9. The maximum atomic E-state index is 2.55. The van der Waals surface area contributed by atoms with Gasteiger partial charge in [0.05, 0.1) is 5.69 Å². The summed E-state index contributed by atoms with van der Waals surface area (Å²) in [6.45, 7) is 0. The smallest absolute Gasteiger partial charge is 0.0540 e. The van der Waals surface area contributed by atoms with Gasteiger partial charge in [-0.3, -0.25) is 0 Å². The Labute approximate surface area is 260 Å². The van der Waals surface area contributed by atoms with Crippen LogP contribution in [0.15, 0.2) is 152 Å². The van der Waals surface area contributed by atoms with Crippen molar-refractivity contribution in [3.05, 3.63) is 163 Å². The molecule has 0 N–H and O–H groups in total. The molecule has 3 atom stereocenters. The van der Waals surface area contributed by atoms with Crippen molar-refractivity contribution in [2.75, 3.05) is 4.90 Å². The summed E-state index contributed by atoms with van der Waals surface area (Å²) in [5, 5.41) is 0. The molecule has 1 nitrogen and oxygen atoms in total. The van der Waals surface area contributed by atoms with Crippen LogP contribution in [0.25, 0.3) is 33.4 Å². The van der Waals surface area contributed by atoms with Crippen molar-refractivity contribution in [2.45, 2.75) is 31.1 Å². The lowest BCUT2D eigenvalue weighted by Gasteiger charge is -2.36. The number of anilines is 3. The molecule has 0 radical (unpaired) electrons. The molecule has 2 bridgehead atoms. The molecule has 0 amide bonds. The first kappa shape index (κ1) is 25.6. The Morgan fingerprint density at radius 3 is 1.86 bits per heavy atom. The Bertz CT molecular complexity index is 1970. The molecule has 1 spiro atoms. The first-order chi connectivity index (χ1) is 21.8. The zero-order chi connectivity index (χ0) is 29.1. The molecule has 0 heterocycles. The van der Waals surface area contributed by atoms with Gasteiger partial charge in [-0.05, 0) is 106 Å². The Kier molecular flexibility index (Phi) is 5.88. The van der Waals surface area contributed by atoms with Gasteiger partial charge in [0.15, 0.2) is 0 Å². The standard InChI is InChI=1S/C43H35N/c1-3-11-32(12-4-1)37-15-8-10-18-42(37)44(35-13-5-2-6-14-35)36-24-20-31(21-25-36)33-22-26-39-38-16-7-9-17-40(38)43(41(39)28-33)29-30-19-23-34(43)27-30/h1-18,20-22,24-26,28,30,34H,19,23,27,29H2. The minimum absolute atomic E-state index is 0.204. The lowest BCUT2D eigenvalue weighted by molar-refractivity contribution is 0.327. The second-order valence-corrected chi connectivity index (χ2v) is 13.0. The topological polar surface area (TPSA) is 3.24 Å². The van der Waals surface area contributed by atoms with Gasteiger partial charge in [0.25, 0.3) is 0 Å². The minimum Gasteiger partial charge on any atom is -0.310 e. The normalized spacial score (nSPS) is 20.9. The van der Waals surface area contributed by atoms with Gasteiger partial charge in [-0.15, -0.1) is 0 Å². The molecule has 0 aliphatic heterocycles. The zero-order valence-corrected chi connectivity index (χ0v) is 24.9. The highest BCUT2D eigenvalue weighted by Crippen LogP contribution is 2.65. The fourth-order valence-electron chi connectivity index (χ4n) is 8.91. The van der Waals surface area contributed by atoms with Crippen molar-refractivity contribution in [3.8, 4) is 33.4 Å². The van der Waals surface area contributed by atoms with Crippen LogP contribution in [-0.4, -0.2) is 0 Å². The van der Waals surface area contributed by atoms with Crippen molar-refractivity contribution in [1.29, 1.82) is 0 Å². The Morgan fingerprint density at radius 1 is 0.477 bits per heavy atom. The molecule has 6 aromatic carbocycles. The van der Waals surface area contributed by atoms with Gasteiger partial charge in [-0.25, -0.2) is 0 Å². The summed E-state index contributed by atoms with van der Waals surface area (Å²) in [5.41, 5.74) is 14.8. The minimum atomic E-state index is 0.204. The van der Waals surface area contributed by atoms with E-state index in [1.165, 1.54) is 64.8 Å². The number of hydrogen-bond donors (Lipinski definition) is 0. The maximum absolute atomic E-state index is 2.55. The third kappa shape index (κ3) is 3.85. The highest BCUT2D eigenvalue weighted by molar-refractivity contribution is 5.89. The first-order valence-corrected chi connectivity index (χ1v) is 16.1. The van der Waals surface area contributed by atoms with Crippen molar-refractivity contribution in [1.82, 2.24) is 0 Å². The van der Waals surface area contributed by atoms with Crippen LogP contribution in [0.2, 0.25) is 0 Å². The van der Waals surface area contributed by atoms with Crippen molar-refractivity contribution >= 4 is 17.1 Å². The van der Waals surface area contributed by atoms with Crippen molar-refractivity contribution in [3.63, 3.8) is 0 Å². The van der Waals surface area contributed by atoms with Crippen LogP contribution in [0, 0.1) is 11.8 Å². The number of nitrogens with zero attached hydrogens (tertiary/aromatic N) is 1. The lowest BCUT2D eigenvalue weighted by Crippen LogP contribution is -2.31. The van der Waals surface area contributed by atoms with Gasteiger partial charge < -0.3 is 4.90 Å². The largest absolute Gasteiger partial charge is 0.310 e. The average Bonchev–Trinajstić information content (AvgIpc) is 3.79. The summed E-state index contributed by atoms with van der Waals surface area (Å²) in [5.74, 6) is 1.65. The van der Waals surface area contributed by atoms with Gasteiger partial charge in [-0.2, -0.15) is 0 Å². The van der Waals surface area contributed by atoms with E-state index < -0.39 is 0 Å². The van der Waals surface area contributed by atoms with E-state index in [0.717, 1.165) is 23.2 Å². The third-order valence-electron chi connectivity index (χ3n) is 10.7. The van der Waals surface area contributed by atoms with Crippen LogP contribution >= 0.6 is 0 Å². The molecule has 0 saturated heterocycles. The fourth-order valence-corrected chi connectivity index (χ4v) is 8.91. The Morgan fingerprint density at radius 2 is 1.11 bits per heavy atom. The Hall–Kier alpha value is -4.88. The molecule has 44 heavy (non-hydrogen) atoms. The molecule has 2 fully saturated rings. The van der Waals surface area contributed by atoms with Crippen LogP contribution in [0.5, 0.6) is 0 Å². The van der Waals surface area contributed by atoms with E-state index >= 15 is 0 Å². The molecule has 2 saturated carbocycles. The van der Waals surface area contributed by atoms with Crippen LogP contribution in [0.1, 0.15) is 36.8 Å². The molecule has 3 aliphatic carbocycles. The molecular formula is C43H35N. The average molecular weight is 566 g/mol. The molecule has 3 aliphatic rings. The second kappa shape index (κ2) is 10.1. The molecule has 212 valence electrons. The quantitative estimate of drug-likeness (QED) is 0.201. The van der Waals surface area contributed by atoms with Crippen molar-refractivity contribution < 1.29 is 0 Å². The van der Waals surface area contributed by atoms with E-state index in [9.17, 15) is 0 Å². The maximum Gasteiger partial charge on any atom is 0.0540 e. The van der Waals surface area contributed by atoms with Gasteiger partial charge in [0.2, 0.25) is 0 Å². The van der Waals surface area contributed by atoms with Gasteiger partial charge >= 0.3 is 0 Å². The van der Waals surface area contributed by atoms with Crippen LogP contribution < -0.4 is 4.90 Å². The lowest BCUT2D eigenvalue weighted by atomic mass is 9.66. The van der Waals surface area contributed by atoms with Gasteiger partial charge in [0.1, 0.15) is 0 Å². The first-order valence-electron chi connectivity index (χ1n) is 16.1. The summed E-state index contributed by atoms with van der Waals surface area (Å²) >= 11 is 0. The van der Waals surface area contributed by atoms with Gasteiger partial charge in [-0.1, -0.05) is 122 Å². The summed E-state index contributed by atoms with van der Waals surface area (Å²) in [6.07, 6.45) is 5.50. The highest BCUT2D eigenvalue weighted by atomic mass is 15.1. The van der Waals surface area contributed by atoms with E-state index in [1.54, 1.807) is 11.1 Å². The number of benzene rings is 6. The molecule has 3 unspecified atom stereocenters. The third-order valence-corrected chi connectivity index (χ3v) is 10.7. The van der Waals surface area contributed by atoms with E-state index in [0.29, 0.717) is 0 Å². The summed E-state index contributed by atoms with van der Waals surface area (Å²) < 4.78 is 0. The predicted octanol–water partition coefficient (Wildman–Crippen LogP) is 11.6. The van der Waals surface area contributed by atoms with Crippen LogP contribution in [0.3, 0.4) is 0 Å². The fraction of sp³-hybridized carbons (Fsp3) is 0.163. The van der Waals surface area contributed by atoms with E-state index in [1.807, 2.05) is 0 Å². The van der Waals surface area contributed by atoms with Gasteiger partial charge in [0, 0.05) is 22.4 Å². The number of para-hydroxylation sites is 2. The Balaban J connectivity index is 1.13. The van der Waals surface area contributed by atoms with Crippen molar-refractivity contribution in [2.24, 2.45) is 11.8 Å². The van der Waals surface area contributed by atoms with E-state index in [4.69, 9.17) is 0 Å². The summed E-state index contributed by atoms with van der Waals surface area (Å²) in [6, 6.07) is 55.9. The molecule has 6 aromatic rings. The van der Waals surface area contributed by atoms with E-state index in [-0.39, 0.29) is 5.41 Å². The monoisotopic (exact) mass is 565 g/mol. The SMILES string of the molecule is c1ccc(-c2ccccc2N(c2ccccc2)c2ccc(-c3ccc4c(c3)C3(CC5CCC3C5)c3ccccc3-4)cc2)cc1. The molecular weight excluding hydrogens is 530 g/mol. The van der Waals surface area contributed by atoms with Crippen LogP contribution in [-0.2, 0) is 5.41 Å². The highest BCUT2D eigenvalue weighted by Gasteiger charge is 2.56. The summed E-state index contributed by atoms with van der Waals surface area (Å²) in [7, 11) is 0. The predicted molar refractivity (Wildman–Crippen MR) is 184 cm³/mol. The van der Waals surface area contributed by atoms with Crippen LogP contribution in [0.4, 0.5) is 17.1 Å². The number of fused-ring (bicyclic) bond motifs is 8. The number of rotatable bonds is 5. The second-order valence-electron chi connectivity index (χ2n) is 13.0.